The van der Waals surface area contributed by atoms with Crippen LogP contribution in [0.1, 0.15) is 31.2 Å². The highest BCUT2D eigenvalue weighted by Crippen LogP contribution is 2.26. The van der Waals surface area contributed by atoms with Crippen LogP contribution in [-0.2, 0) is 11.2 Å². The number of carbonyl (C=O) groups is 1. The molecule has 1 aromatic rings. The summed E-state index contributed by atoms with van der Waals surface area (Å²) in [5.41, 5.74) is 1.28. The number of rotatable bonds is 7. The Kier molecular flexibility index (Phi) is 9.03. The first kappa shape index (κ1) is 19.8. The molecule has 2 rings (SSSR count). The van der Waals surface area contributed by atoms with E-state index < -0.39 is 0 Å². The maximum atomic E-state index is 12.1. The van der Waals surface area contributed by atoms with Crippen molar-refractivity contribution in [3.8, 4) is 5.75 Å². The van der Waals surface area contributed by atoms with E-state index in [1.54, 1.807) is 7.11 Å². The molecule has 0 saturated carbocycles. The first-order valence-electron chi connectivity index (χ1n) is 8.29. The molecule has 1 heterocycles. The molecule has 1 aliphatic rings. The average Bonchev–Trinajstić information content (AvgIpc) is 2.56. The Bertz CT molecular complexity index is 474. The van der Waals surface area contributed by atoms with Gasteiger partial charge in [0, 0.05) is 19.5 Å². The molecule has 0 atom stereocenters. The van der Waals surface area contributed by atoms with E-state index in [4.69, 9.17) is 4.74 Å². The molecule has 0 bridgehead atoms. The van der Waals surface area contributed by atoms with Crippen LogP contribution < -0.4 is 10.1 Å². The topological polar surface area (TPSA) is 41.6 Å². The smallest absolute Gasteiger partial charge is 0.222 e. The van der Waals surface area contributed by atoms with Gasteiger partial charge in [0.2, 0.25) is 5.91 Å². The van der Waals surface area contributed by atoms with Gasteiger partial charge in [-0.1, -0.05) is 18.2 Å². The number of hydrogen-bond donors (Lipinski definition) is 1. The molecular formula is C18H29ClN2O2. The summed E-state index contributed by atoms with van der Waals surface area (Å²) in [6, 6.07) is 8.25. The molecule has 1 saturated heterocycles. The number of likely N-dealkylation sites (tertiary alicyclic amines) is 1. The number of nitrogens with one attached hydrogen (secondary N) is 1. The first-order chi connectivity index (χ1) is 10.7. The lowest BCUT2D eigenvalue weighted by atomic mass is 9.89. The van der Waals surface area contributed by atoms with Crippen molar-refractivity contribution in [2.24, 2.45) is 5.92 Å². The second kappa shape index (κ2) is 10.5. The Morgan fingerprint density at radius 1 is 1.30 bits per heavy atom. The summed E-state index contributed by atoms with van der Waals surface area (Å²) in [6.07, 6.45) is 4.83. The van der Waals surface area contributed by atoms with Crippen LogP contribution in [0.5, 0.6) is 5.75 Å². The number of ether oxygens (including phenoxy) is 1. The molecule has 1 N–H and O–H groups in total. The van der Waals surface area contributed by atoms with E-state index >= 15 is 0 Å². The lowest BCUT2D eigenvalue weighted by molar-refractivity contribution is -0.132. The fourth-order valence-corrected chi connectivity index (χ4v) is 3.14. The van der Waals surface area contributed by atoms with Crippen molar-refractivity contribution in [3.05, 3.63) is 29.8 Å². The average molecular weight is 341 g/mol. The van der Waals surface area contributed by atoms with Crippen molar-refractivity contribution in [1.29, 1.82) is 0 Å². The molecule has 0 aliphatic carbocycles. The molecule has 0 aromatic heterocycles. The predicted molar refractivity (Wildman–Crippen MR) is 96.4 cm³/mol. The van der Waals surface area contributed by atoms with Crippen LogP contribution in [0.4, 0.5) is 0 Å². The summed E-state index contributed by atoms with van der Waals surface area (Å²) in [6.45, 7) is 2.71. The zero-order valence-corrected chi connectivity index (χ0v) is 15.0. The highest BCUT2D eigenvalue weighted by molar-refractivity contribution is 5.85. The number of piperidine rings is 1. The molecule has 23 heavy (non-hydrogen) atoms. The second-order valence-corrected chi connectivity index (χ2v) is 6.05. The fourth-order valence-electron chi connectivity index (χ4n) is 3.14. The minimum Gasteiger partial charge on any atom is -0.496 e. The van der Waals surface area contributed by atoms with Crippen LogP contribution in [0, 0.1) is 5.92 Å². The third kappa shape index (κ3) is 6.04. The van der Waals surface area contributed by atoms with Crippen molar-refractivity contribution in [1.82, 2.24) is 10.2 Å². The predicted octanol–water partition coefficient (Wildman–Crippen LogP) is 2.90. The van der Waals surface area contributed by atoms with Gasteiger partial charge in [0.05, 0.1) is 7.11 Å². The number of carbonyl (C=O) groups excluding carboxylic acids is 1. The zero-order valence-electron chi connectivity index (χ0n) is 14.2. The second-order valence-electron chi connectivity index (χ2n) is 6.05. The van der Waals surface area contributed by atoms with E-state index in [1.807, 2.05) is 24.1 Å². The van der Waals surface area contributed by atoms with E-state index in [1.165, 1.54) is 5.56 Å². The van der Waals surface area contributed by atoms with E-state index in [-0.39, 0.29) is 12.4 Å². The normalized spacial score (nSPS) is 15.1. The molecule has 0 spiro atoms. The van der Waals surface area contributed by atoms with Crippen LogP contribution in [-0.4, -0.2) is 44.6 Å². The Balaban J connectivity index is 0.00000264. The number of hydrogen-bond acceptors (Lipinski definition) is 3. The summed E-state index contributed by atoms with van der Waals surface area (Å²) < 4.78 is 5.43. The van der Waals surface area contributed by atoms with Crippen molar-refractivity contribution >= 4 is 18.3 Å². The Morgan fingerprint density at radius 3 is 2.65 bits per heavy atom. The number of para-hydroxylation sites is 1. The SMILES string of the molecule is CNCCCC(=O)N1CCC(Cc2ccccc2OC)CC1.Cl. The summed E-state index contributed by atoms with van der Waals surface area (Å²) in [5.74, 6) is 1.94. The monoisotopic (exact) mass is 340 g/mol. The molecule has 130 valence electrons. The van der Waals surface area contributed by atoms with Gasteiger partial charge in [-0.2, -0.15) is 0 Å². The molecule has 4 nitrogen and oxygen atoms in total. The summed E-state index contributed by atoms with van der Waals surface area (Å²) in [4.78, 5) is 14.2. The van der Waals surface area contributed by atoms with Crippen LogP contribution >= 0.6 is 12.4 Å². The maximum Gasteiger partial charge on any atom is 0.222 e. The maximum absolute atomic E-state index is 12.1. The van der Waals surface area contributed by atoms with Gasteiger partial charge in [-0.05, 0) is 56.8 Å². The molecule has 1 aromatic carbocycles. The van der Waals surface area contributed by atoms with Gasteiger partial charge in [0.1, 0.15) is 5.75 Å². The molecule has 0 unspecified atom stereocenters. The third-order valence-electron chi connectivity index (χ3n) is 4.49. The first-order valence-corrected chi connectivity index (χ1v) is 8.29. The van der Waals surface area contributed by atoms with Gasteiger partial charge >= 0.3 is 0 Å². The largest absolute Gasteiger partial charge is 0.496 e. The van der Waals surface area contributed by atoms with Gasteiger partial charge in [0.15, 0.2) is 0 Å². The molecule has 0 radical (unpaired) electrons. The highest BCUT2D eigenvalue weighted by Gasteiger charge is 2.23. The lowest BCUT2D eigenvalue weighted by Gasteiger charge is -2.32. The van der Waals surface area contributed by atoms with Gasteiger partial charge in [-0.25, -0.2) is 0 Å². The number of nitrogens with zero attached hydrogens (tertiary/aromatic N) is 1. The molecule has 1 fully saturated rings. The van der Waals surface area contributed by atoms with E-state index in [0.29, 0.717) is 18.2 Å². The Hall–Kier alpha value is -1.26. The van der Waals surface area contributed by atoms with Crippen molar-refractivity contribution in [3.63, 3.8) is 0 Å². The lowest BCUT2D eigenvalue weighted by Crippen LogP contribution is -2.39. The summed E-state index contributed by atoms with van der Waals surface area (Å²) in [7, 11) is 3.65. The van der Waals surface area contributed by atoms with E-state index in [9.17, 15) is 4.79 Å². The fraction of sp³-hybridized carbons (Fsp3) is 0.611. The standard InChI is InChI=1S/C18H28N2O2.ClH/c1-19-11-5-8-18(21)20-12-9-15(10-13-20)14-16-6-3-4-7-17(16)22-2;/h3-4,6-7,15,19H,5,8-14H2,1-2H3;1H. The van der Waals surface area contributed by atoms with Crippen LogP contribution in [0.15, 0.2) is 24.3 Å². The minimum atomic E-state index is 0. The van der Waals surface area contributed by atoms with Gasteiger partial charge in [0.25, 0.3) is 0 Å². The third-order valence-corrected chi connectivity index (χ3v) is 4.49. The molecule has 5 heteroatoms. The van der Waals surface area contributed by atoms with Gasteiger partial charge < -0.3 is 15.0 Å². The van der Waals surface area contributed by atoms with Gasteiger partial charge in [-0.3, -0.25) is 4.79 Å². The number of amides is 1. The van der Waals surface area contributed by atoms with Crippen LogP contribution in [0.25, 0.3) is 0 Å². The Morgan fingerprint density at radius 2 is 2.00 bits per heavy atom. The number of benzene rings is 1. The van der Waals surface area contributed by atoms with Gasteiger partial charge in [-0.15, -0.1) is 12.4 Å². The minimum absolute atomic E-state index is 0. The molecule has 1 amide bonds. The molecule has 1 aliphatic heterocycles. The zero-order chi connectivity index (χ0) is 15.8. The van der Waals surface area contributed by atoms with E-state index in [0.717, 1.165) is 51.1 Å². The summed E-state index contributed by atoms with van der Waals surface area (Å²) >= 11 is 0. The number of halogens is 1. The Labute approximate surface area is 146 Å². The number of methoxy groups -OCH3 is 1. The van der Waals surface area contributed by atoms with Crippen molar-refractivity contribution in [2.75, 3.05) is 33.8 Å². The highest BCUT2D eigenvalue weighted by atomic mass is 35.5. The van der Waals surface area contributed by atoms with E-state index in [2.05, 4.69) is 17.4 Å². The summed E-state index contributed by atoms with van der Waals surface area (Å²) in [5, 5.41) is 3.09. The van der Waals surface area contributed by atoms with Crippen molar-refractivity contribution < 1.29 is 9.53 Å². The van der Waals surface area contributed by atoms with Crippen LogP contribution in [0.2, 0.25) is 0 Å². The molecular weight excluding hydrogens is 312 g/mol. The van der Waals surface area contributed by atoms with Crippen molar-refractivity contribution in [2.45, 2.75) is 32.1 Å². The quantitative estimate of drug-likeness (QED) is 0.776. The van der Waals surface area contributed by atoms with Crippen LogP contribution in [0.3, 0.4) is 0 Å².